The van der Waals surface area contributed by atoms with Crippen LogP contribution in [0.15, 0.2) is 47.6 Å². The Morgan fingerprint density at radius 1 is 0.862 bits per heavy atom. The van der Waals surface area contributed by atoms with Gasteiger partial charge in [-0.15, -0.1) is 0 Å². The second kappa shape index (κ2) is 25.1. The minimum atomic E-state index is -2.93. The summed E-state index contributed by atoms with van der Waals surface area (Å²) in [6, 6.07) is -1.20. The van der Waals surface area contributed by atoms with Crippen LogP contribution in [0.1, 0.15) is 126 Å². The predicted octanol–water partition coefficient (Wildman–Crippen LogP) is 7.16. The molecule has 2 bridgehead atoms. The number of halogens is 1. The van der Waals surface area contributed by atoms with Gasteiger partial charge in [0.2, 0.25) is 0 Å². The van der Waals surface area contributed by atoms with Gasteiger partial charge in [0.1, 0.15) is 30.1 Å². The number of Topliss-reactive ketones (excluding diaryl/α,β-unsaturated/α-hetero) is 3. The van der Waals surface area contributed by atoms with Crippen molar-refractivity contribution in [3.63, 3.8) is 0 Å². The lowest BCUT2D eigenvalue weighted by atomic mass is 9.78. The van der Waals surface area contributed by atoms with Crippen molar-refractivity contribution >= 4 is 29.2 Å². The molecule has 366 valence electrons. The SMILES string of the molecule is CO[C@H]1C[C@@H]2CC[C@@H](C)C(F)(O2)C(=O)C(=O)N2CCCCC2C(=O)O[C@H]([C@H](C)CC2CC[C@H](O)[C@H](OC)C2)CC(=O)[C@H](C)/C=C(\C)[C@@H](O)[C@@H](OC)C(=O)[C@H](C)C[C@H](C)/C=C/C=C/C=C/1C. The minimum Gasteiger partial charge on any atom is -0.460 e. The molecule has 0 aromatic carbocycles. The molecule has 1 amide bonds. The molecule has 0 spiro atoms. The van der Waals surface area contributed by atoms with Crippen molar-refractivity contribution in [2.45, 2.75) is 180 Å². The summed E-state index contributed by atoms with van der Waals surface area (Å²) in [5.41, 5.74) is 1.22. The quantitative estimate of drug-likeness (QED) is 0.157. The lowest BCUT2D eigenvalue weighted by molar-refractivity contribution is -0.231. The van der Waals surface area contributed by atoms with Gasteiger partial charge in [-0.2, -0.15) is 0 Å². The Labute approximate surface area is 386 Å². The molecule has 1 aliphatic carbocycles. The van der Waals surface area contributed by atoms with Crippen LogP contribution in [-0.2, 0) is 47.7 Å². The van der Waals surface area contributed by atoms with Crippen molar-refractivity contribution in [2.75, 3.05) is 27.9 Å². The van der Waals surface area contributed by atoms with Gasteiger partial charge in [-0.1, -0.05) is 71.1 Å². The first kappa shape index (κ1) is 54.2. The van der Waals surface area contributed by atoms with Crippen molar-refractivity contribution < 1.29 is 62.3 Å². The Bertz CT molecular complexity index is 1760. The van der Waals surface area contributed by atoms with Crippen molar-refractivity contribution in [1.82, 2.24) is 4.90 Å². The first-order valence-corrected chi connectivity index (χ1v) is 23.9. The first-order valence-electron chi connectivity index (χ1n) is 23.9. The number of rotatable bonds is 6. The molecule has 2 saturated heterocycles. The first-order chi connectivity index (χ1) is 30.7. The number of hydrogen-bond acceptors (Lipinski definition) is 12. The molecule has 0 radical (unpaired) electrons. The zero-order chi connectivity index (χ0) is 48.2. The largest absolute Gasteiger partial charge is 0.460 e. The lowest BCUT2D eigenvalue weighted by Crippen LogP contribution is -2.59. The van der Waals surface area contributed by atoms with Gasteiger partial charge < -0.3 is 38.8 Å². The molecule has 3 fully saturated rings. The zero-order valence-corrected chi connectivity index (χ0v) is 40.5. The number of ketones is 3. The van der Waals surface area contributed by atoms with Crippen LogP contribution in [0.4, 0.5) is 4.39 Å². The normalized spacial score (nSPS) is 40.4. The summed E-state index contributed by atoms with van der Waals surface area (Å²) in [4.78, 5) is 71.4. The Balaban J connectivity index is 1.70. The number of alkyl halides is 1. The molecule has 2 N–H and O–H groups in total. The maximum atomic E-state index is 17.1. The van der Waals surface area contributed by atoms with Gasteiger partial charge in [0, 0.05) is 58.5 Å². The van der Waals surface area contributed by atoms with Crippen LogP contribution in [0.25, 0.3) is 0 Å². The summed E-state index contributed by atoms with van der Waals surface area (Å²) < 4.78 is 46.1. The Hall–Kier alpha value is -3.40. The zero-order valence-electron chi connectivity index (χ0n) is 40.5. The number of piperidine rings is 1. The predicted molar refractivity (Wildman–Crippen MR) is 244 cm³/mol. The number of methoxy groups -OCH3 is 3. The van der Waals surface area contributed by atoms with Crippen LogP contribution in [0.2, 0.25) is 0 Å². The fourth-order valence-electron chi connectivity index (χ4n) is 10.1. The number of carbonyl (C=O) groups is 5. The Kier molecular flexibility index (Phi) is 20.9. The number of hydrogen-bond donors (Lipinski definition) is 2. The van der Waals surface area contributed by atoms with Gasteiger partial charge in [0.25, 0.3) is 17.5 Å². The second-order valence-corrected chi connectivity index (χ2v) is 19.5. The molecule has 0 aromatic rings. The molecular weight excluding hydrogens is 838 g/mol. The number of fused-ring (bicyclic) bond motifs is 3. The fourth-order valence-corrected chi connectivity index (χ4v) is 10.1. The molecule has 65 heavy (non-hydrogen) atoms. The third-order valence-corrected chi connectivity index (χ3v) is 14.4. The van der Waals surface area contributed by atoms with Gasteiger partial charge in [-0.05, 0) is 107 Å². The molecule has 1 saturated carbocycles. The van der Waals surface area contributed by atoms with E-state index in [4.69, 9.17) is 23.7 Å². The number of nitrogens with zero attached hydrogens (tertiary/aromatic N) is 1. The van der Waals surface area contributed by atoms with Crippen molar-refractivity contribution in [1.29, 1.82) is 0 Å². The molecule has 3 heterocycles. The van der Waals surface area contributed by atoms with E-state index in [-0.39, 0.29) is 67.7 Å². The van der Waals surface area contributed by atoms with Crippen LogP contribution in [0.3, 0.4) is 0 Å². The highest BCUT2D eigenvalue weighted by Crippen LogP contribution is 2.40. The van der Waals surface area contributed by atoms with Gasteiger partial charge in [-0.3, -0.25) is 19.2 Å². The summed E-state index contributed by atoms with van der Waals surface area (Å²) in [5.74, 6) is -9.16. The maximum absolute atomic E-state index is 17.1. The van der Waals surface area contributed by atoms with Gasteiger partial charge in [-0.25, -0.2) is 9.18 Å². The smallest absolute Gasteiger partial charge is 0.329 e. The molecule has 3 unspecified atom stereocenters. The number of cyclic esters (lactones) is 1. The Morgan fingerprint density at radius 3 is 2.26 bits per heavy atom. The van der Waals surface area contributed by atoms with E-state index < -0.39 is 83.9 Å². The summed E-state index contributed by atoms with van der Waals surface area (Å²) >= 11 is 0. The number of aliphatic hydroxyl groups excluding tert-OH is 2. The Morgan fingerprint density at radius 2 is 1.58 bits per heavy atom. The van der Waals surface area contributed by atoms with Crippen molar-refractivity contribution in [2.24, 2.45) is 35.5 Å². The highest BCUT2D eigenvalue weighted by molar-refractivity contribution is 6.39. The van der Waals surface area contributed by atoms with E-state index in [0.717, 1.165) is 10.5 Å². The van der Waals surface area contributed by atoms with E-state index in [1.807, 2.05) is 51.2 Å². The molecule has 14 heteroatoms. The molecule has 3 aliphatic heterocycles. The molecule has 4 aliphatic rings. The standard InChI is InChI=1S/C51H78FNO12/c1-30-16-12-11-13-17-31(2)42(61-8)28-38-21-19-36(7)51(52,65-38)48(58)49(59)53-23-15-14-18-39(53)50(60)64-43(33(4)26-37-20-22-40(54)44(27-37)62-9)29-41(55)32(3)25-35(6)46(57)47(63-10)45(56)34(5)24-30/h11-13,16-17,25,30,32-34,36-40,42-44,46-47,54,57H,14-15,18-24,26-29H2,1-10H3/b13-11+,16-12+,31-17+,35-25+/t30-,32-,33-,34-,36-,37?,38+,39?,40+,42+,43+,44-,46-,47+,51?/m1/s1. The van der Waals surface area contributed by atoms with Crippen molar-refractivity contribution in [3.8, 4) is 0 Å². The number of ether oxygens (including phenoxy) is 5. The topological polar surface area (TPSA) is 175 Å². The molecule has 4 rings (SSSR count). The van der Waals surface area contributed by atoms with Gasteiger partial charge in [0.05, 0.1) is 24.4 Å². The van der Waals surface area contributed by atoms with Crippen LogP contribution < -0.4 is 0 Å². The number of amides is 1. The summed E-state index contributed by atoms with van der Waals surface area (Å²) in [7, 11) is 4.47. The molecule has 15 atom stereocenters. The fraction of sp³-hybridized carbons (Fsp3) is 0.745. The van der Waals surface area contributed by atoms with E-state index in [2.05, 4.69) is 0 Å². The van der Waals surface area contributed by atoms with Crippen LogP contribution in [0.5, 0.6) is 0 Å². The lowest BCUT2D eigenvalue weighted by Gasteiger charge is -2.41. The van der Waals surface area contributed by atoms with Gasteiger partial charge in [0.15, 0.2) is 5.78 Å². The third kappa shape index (κ3) is 14.3. The summed E-state index contributed by atoms with van der Waals surface area (Å²) in [5, 5.41) is 21.9. The van der Waals surface area contributed by atoms with Crippen LogP contribution in [0, 0.1) is 35.5 Å². The number of aliphatic hydroxyl groups is 2. The maximum Gasteiger partial charge on any atom is 0.329 e. The monoisotopic (exact) mass is 916 g/mol. The molecule has 13 nitrogen and oxygen atoms in total. The summed E-state index contributed by atoms with van der Waals surface area (Å²) in [6.07, 6.45) is 10.3. The molecule has 0 aromatic heterocycles. The minimum absolute atomic E-state index is 0.00748. The van der Waals surface area contributed by atoms with Crippen LogP contribution >= 0.6 is 0 Å². The van der Waals surface area contributed by atoms with E-state index in [9.17, 15) is 34.2 Å². The highest BCUT2D eigenvalue weighted by atomic mass is 19.2. The average molecular weight is 916 g/mol. The van der Waals surface area contributed by atoms with Crippen LogP contribution in [-0.4, -0.2) is 127 Å². The molecular formula is C51H78FNO12. The van der Waals surface area contributed by atoms with E-state index in [1.165, 1.54) is 7.11 Å². The third-order valence-electron chi connectivity index (χ3n) is 14.4. The van der Waals surface area contributed by atoms with Crippen molar-refractivity contribution in [3.05, 3.63) is 47.6 Å². The number of allylic oxidation sites excluding steroid dienone is 6. The van der Waals surface area contributed by atoms with Gasteiger partial charge >= 0.3 is 5.97 Å². The highest BCUT2D eigenvalue weighted by Gasteiger charge is 2.55. The van der Waals surface area contributed by atoms with E-state index in [0.29, 0.717) is 56.9 Å². The van der Waals surface area contributed by atoms with E-state index >= 15 is 4.39 Å². The van der Waals surface area contributed by atoms with E-state index in [1.54, 1.807) is 48.0 Å². The second-order valence-electron chi connectivity index (χ2n) is 19.5. The summed E-state index contributed by atoms with van der Waals surface area (Å²) in [6.45, 7) is 12.5. The average Bonchev–Trinajstić information content (AvgIpc) is 3.28. The number of esters is 1. The number of carbonyl (C=O) groups excluding carboxylic acids is 5.